The maximum Gasteiger partial charge on any atom is 0.222 e. The minimum atomic E-state index is -0.838. The Morgan fingerprint density at radius 3 is 2.52 bits per heavy atom. The summed E-state index contributed by atoms with van der Waals surface area (Å²) >= 11 is 0. The van der Waals surface area contributed by atoms with Gasteiger partial charge >= 0.3 is 0 Å². The fraction of sp³-hybridized carbons (Fsp3) is 0.533. The molecule has 0 unspecified atom stereocenters. The van der Waals surface area contributed by atoms with Crippen LogP contribution in [0.2, 0.25) is 0 Å². The third-order valence-corrected chi connectivity index (χ3v) is 3.73. The zero-order chi connectivity index (χ0) is 14.5. The lowest BCUT2D eigenvalue weighted by Gasteiger charge is -2.30. The van der Waals surface area contributed by atoms with E-state index in [0.717, 1.165) is 37.6 Å². The van der Waals surface area contributed by atoms with Gasteiger partial charge < -0.3 is 10.6 Å². The van der Waals surface area contributed by atoms with Crippen LogP contribution in [0.5, 0.6) is 0 Å². The smallest absolute Gasteiger partial charge is 0.222 e. The van der Waals surface area contributed by atoms with Gasteiger partial charge in [-0.25, -0.2) is 8.78 Å². The molecule has 1 aliphatic heterocycles. The second-order valence-electron chi connectivity index (χ2n) is 5.32. The molecule has 0 aliphatic carbocycles. The molecule has 0 bridgehead atoms. The Balaban J connectivity index is 0.00000220. The lowest BCUT2D eigenvalue weighted by molar-refractivity contribution is -0.132. The molecule has 1 amide bonds. The highest BCUT2D eigenvalue weighted by Gasteiger charge is 2.19. The van der Waals surface area contributed by atoms with Crippen molar-refractivity contribution in [3.63, 3.8) is 0 Å². The van der Waals surface area contributed by atoms with Crippen LogP contribution in [0.3, 0.4) is 0 Å². The summed E-state index contributed by atoms with van der Waals surface area (Å²) in [6.07, 6.45) is 3.38. The monoisotopic (exact) mass is 318 g/mol. The molecule has 0 spiro atoms. The first kappa shape index (κ1) is 17.9. The molecule has 118 valence electrons. The van der Waals surface area contributed by atoms with Gasteiger partial charge in [0.2, 0.25) is 5.91 Å². The Labute approximate surface area is 129 Å². The third kappa shape index (κ3) is 5.25. The van der Waals surface area contributed by atoms with Gasteiger partial charge in [0.25, 0.3) is 0 Å². The van der Waals surface area contributed by atoms with Gasteiger partial charge in [-0.2, -0.15) is 0 Å². The summed E-state index contributed by atoms with van der Waals surface area (Å²) in [5, 5.41) is 0. The summed E-state index contributed by atoms with van der Waals surface area (Å²) in [4.78, 5) is 13.8. The van der Waals surface area contributed by atoms with Gasteiger partial charge in [0.05, 0.1) is 0 Å². The van der Waals surface area contributed by atoms with Gasteiger partial charge in [-0.15, -0.1) is 12.4 Å². The number of hydrogen-bond donors (Lipinski definition) is 1. The minimum Gasteiger partial charge on any atom is -0.343 e. The maximum absolute atomic E-state index is 13.0. The molecule has 2 rings (SSSR count). The highest BCUT2D eigenvalue weighted by atomic mass is 35.5. The molecule has 2 N–H and O–H groups in total. The molecule has 0 saturated carbocycles. The number of carbonyl (C=O) groups excluding carboxylic acids is 1. The third-order valence-electron chi connectivity index (χ3n) is 3.73. The van der Waals surface area contributed by atoms with Crippen molar-refractivity contribution in [3.8, 4) is 0 Å². The molecule has 1 aliphatic rings. The molecule has 1 saturated heterocycles. The number of hydrogen-bond acceptors (Lipinski definition) is 2. The van der Waals surface area contributed by atoms with Crippen molar-refractivity contribution < 1.29 is 13.6 Å². The Hall–Kier alpha value is -1.20. The van der Waals surface area contributed by atoms with E-state index in [2.05, 4.69) is 0 Å². The van der Waals surface area contributed by atoms with Crippen molar-refractivity contribution in [2.24, 2.45) is 5.73 Å². The largest absolute Gasteiger partial charge is 0.343 e. The Morgan fingerprint density at radius 1 is 1.24 bits per heavy atom. The van der Waals surface area contributed by atoms with Crippen LogP contribution >= 0.6 is 12.4 Å². The van der Waals surface area contributed by atoms with Crippen molar-refractivity contribution in [3.05, 3.63) is 35.4 Å². The molecule has 3 nitrogen and oxygen atoms in total. The van der Waals surface area contributed by atoms with Crippen LogP contribution in [-0.2, 0) is 11.2 Å². The molecule has 21 heavy (non-hydrogen) atoms. The number of halogens is 3. The van der Waals surface area contributed by atoms with Crippen molar-refractivity contribution in [2.75, 3.05) is 13.1 Å². The number of likely N-dealkylation sites (tertiary alicyclic amines) is 1. The van der Waals surface area contributed by atoms with Crippen LogP contribution in [0.25, 0.3) is 0 Å². The second-order valence-corrected chi connectivity index (χ2v) is 5.32. The lowest BCUT2D eigenvalue weighted by atomic mass is 10.0. The summed E-state index contributed by atoms with van der Waals surface area (Å²) in [5.74, 6) is -1.55. The highest BCUT2D eigenvalue weighted by Crippen LogP contribution is 2.13. The standard InChI is InChI=1S/C15H20F2N2O.ClH/c16-13-5-4-11(10-14(13)17)2-1-3-15(20)19-8-6-12(18)7-9-19;/h4-5,10,12H,1-3,6-9,18H2;1H. The topological polar surface area (TPSA) is 46.3 Å². The fourth-order valence-corrected chi connectivity index (χ4v) is 2.45. The fourth-order valence-electron chi connectivity index (χ4n) is 2.45. The van der Waals surface area contributed by atoms with Crippen molar-refractivity contribution in [2.45, 2.75) is 38.1 Å². The van der Waals surface area contributed by atoms with E-state index < -0.39 is 11.6 Å². The van der Waals surface area contributed by atoms with Gasteiger partial charge in [0.15, 0.2) is 11.6 Å². The van der Waals surface area contributed by atoms with Crippen LogP contribution in [-0.4, -0.2) is 29.9 Å². The van der Waals surface area contributed by atoms with Crippen LogP contribution in [0.1, 0.15) is 31.2 Å². The number of carbonyl (C=O) groups is 1. The molecule has 1 fully saturated rings. The molecule has 0 aromatic heterocycles. The molecular weight excluding hydrogens is 298 g/mol. The molecule has 6 heteroatoms. The predicted octanol–water partition coefficient (Wildman–Crippen LogP) is 2.66. The summed E-state index contributed by atoms with van der Waals surface area (Å²) in [6.45, 7) is 1.45. The average molecular weight is 319 g/mol. The molecule has 1 aromatic rings. The van der Waals surface area contributed by atoms with E-state index in [1.165, 1.54) is 6.07 Å². The van der Waals surface area contributed by atoms with Gasteiger partial charge in [-0.1, -0.05) is 6.07 Å². The first-order valence-corrected chi connectivity index (χ1v) is 7.03. The zero-order valence-corrected chi connectivity index (χ0v) is 12.7. The Kier molecular flexibility index (Phi) is 7.05. The minimum absolute atomic E-state index is 0. The van der Waals surface area contributed by atoms with E-state index in [-0.39, 0.29) is 24.4 Å². The van der Waals surface area contributed by atoms with Gasteiger partial charge in [-0.05, 0) is 43.4 Å². The number of amides is 1. The van der Waals surface area contributed by atoms with Crippen LogP contribution in [0.15, 0.2) is 18.2 Å². The van der Waals surface area contributed by atoms with E-state index in [0.29, 0.717) is 19.3 Å². The van der Waals surface area contributed by atoms with Crippen LogP contribution in [0, 0.1) is 11.6 Å². The van der Waals surface area contributed by atoms with Crippen molar-refractivity contribution in [1.82, 2.24) is 4.90 Å². The Morgan fingerprint density at radius 2 is 1.90 bits per heavy atom. The normalized spacial score (nSPS) is 15.7. The summed E-state index contributed by atoms with van der Waals surface area (Å²) in [6, 6.07) is 4.09. The predicted molar refractivity (Wildman–Crippen MR) is 80.3 cm³/mol. The highest BCUT2D eigenvalue weighted by molar-refractivity contribution is 5.85. The maximum atomic E-state index is 13.0. The first-order valence-electron chi connectivity index (χ1n) is 7.03. The summed E-state index contributed by atoms with van der Waals surface area (Å²) < 4.78 is 25.8. The number of rotatable bonds is 4. The lowest BCUT2D eigenvalue weighted by Crippen LogP contribution is -2.42. The number of nitrogens with zero attached hydrogens (tertiary/aromatic N) is 1. The van der Waals surface area contributed by atoms with E-state index >= 15 is 0 Å². The zero-order valence-electron chi connectivity index (χ0n) is 11.9. The van der Waals surface area contributed by atoms with Gasteiger partial charge in [-0.3, -0.25) is 4.79 Å². The van der Waals surface area contributed by atoms with Crippen molar-refractivity contribution >= 4 is 18.3 Å². The first-order chi connectivity index (χ1) is 9.56. The van der Waals surface area contributed by atoms with Crippen molar-refractivity contribution in [1.29, 1.82) is 0 Å². The summed E-state index contributed by atoms with van der Waals surface area (Å²) in [5.41, 5.74) is 6.52. The molecule has 0 atom stereocenters. The molecular formula is C15H21ClF2N2O. The number of benzene rings is 1. The van der Waals surface area contributed by atoms with Crippen LogP contribution < -0.4 is 5.73 Å². The SMILES string of the molecule is Cl.NC1CCN(C(=O)CCCc2ccc(F)c(F)c2)CC1. The van der Waals surface area contributed by atoms with E-state index in [4.69, 9.17) is 5.73 Å². The summed E-state index contributed by atoms with van der Waals surface area (Å²) in [7, 11) is 0. The van der Waals surface area contributed by atoms with Crippen LogP contribution in [0.4, 0.5) is 8.78 Å². The average Bonchev–Trinajstić information content (AvgIpc) is 2.43. The molecule has 0 radical (unpaired) electrons. The van der Waals surface area contributed by atoms with E-state index in [1.54, 1.807) is 6.07 Å². The number of aryl methyl sites for hydroxylation is 1. The van der Waals surface area contributed by atoms with E-state index in [1.807, 2.05) is 4.90 Å². The quantitative estimate of drug-likeness (QED) is 0.927. The number of nitrogens with two attached hydrogens (primary N) is 1. The van der Waals surface area contributed by atoms with E-state index in [9.17, 15) is 13.6 Å². The molecule has 1 heterocycles. The molecule has 1 aromatic carbocycles. The van der Waals surface area contributed by atoms with Gasteiger partial charge in [0, 0.05) is 25.6 Å². The second kappa shape index (κ2) is 8.29. The number of piperidine rings is 1. The van der Waals surface area contributed by atoms with Gasteiger partial charge in [0.1, 0.15) is 0 Å². The Bertz CT molecular complexity index is 477.